The lowest BCUT2D eigenvalue weighted by molar-refractivity contribution is 0.0329. The fraction of sp³-hybridized carbons (Fsp3) is 0.481. The molecule has 198 valence electrons. The summed E-state index contributed by atoms with van der Waals surface area (Å²) < 4.78 is 43.8. The van der Waals surface area contributed by atoms with Gasteiger partial charge >= 0.3 is 0 Å². The van der Waals surface area contributed by atoms with E-state index in [9.17, 15) is 8.60 Å². The van der Waals surface area contributed by atoms with Crippen LogP contribution in [0.15, 0.2) is 41.0 Å². The highest BCUT2D eigenvalue weighted by molar-refractivity contribution is 7.93. The van der Waals surface area contributed by atoms with Gasteiger partial charge in [-0.1, -0.05) is 0 Å². The molecular formula is C27H34FN5O3S. The molecule has 3 aromatic rings. The zero-order chi connectivity index (χ0) is 26.0. The van der Waals surface area contributed by atoms with Crippen LogP contribution in [0.2, 0.25) is 0 Å². The number of aromatic nitrogens is 2. The van der Waals surface area contributed by atoms with Gasteiger partial charge in [-0.3, -0.25) is 0 Å². The minimum atomic E-state index is -2.29. The van der Waals surface area contributed by atoms with E-state index in [4.69, 9.17) is 9.47 Å². The fourth-order valence-electron chi connectivity index (χ4n) is 5.00. The Kier molecular flexibility index (Phi) is 7.60. The normalized spacial score (nSPS) is 22.1. The molecule has 0 unspecified atom stereocenters. The van der Waals surface area contributed by atoms with Gasteiger partial charge in [0, 0.05) is 43.2 Å². The van der Waals surface area contributed by atoms with Crippen molar-refractivity contribution in [1.29, 1.82) is 0 Å². The maximum Gasteiger partial charge on any atom is 0.146 e. The van der Waals surface area contributed by atoms with Crippen LogP contribution < -0.4 is 10.1 Å². The first-order valence-corrected chi connectivity index (χ1v) is 14.6. The lowest BCUT2D eigenvalue weighted by Crippen LogP contribution is -2.37. The van der Waals surface area contributed by atoms with Gasteiger partial charge in [-0.2, -0.15) is 4.36 Å². The highest BCUT2D eigenvalue weighted by atomic mass is 32.2. The number of benzene rings is 2. The van der Waals surface area contributed by atoms with E-state index in [1.54, 1.807) is 13.2 Å². The summed E-state index contributed by atoms with van der Waals surface area (Å²) in [4.78, 5) is 11.1. The molecule has 8 nitrogen and oxygen atoms in total. The molecule has 1 saturated carbocycles. The summed E-state index contributed by atoms with van der Waals surface area (Å²) in [6.45, 7) is 3.52. The van der Waals surface area contributed by atoms with Crippen molar-refractivity contribution in [3.8, 4) is 5.75 Å². The van der Waals surface area contributed by atoms with Crippen LogP contribution in [0.5, 0.6) is 5.75 Å². The van der Waals surface area contributed by atoms with Gasteiger partial charge in [0.05, 0.1) is 38.8 Å². The summed E-state index contributed by atoms with van der Waals surface area (Å²) in [6.07, 6.45) is 5.31. The SMILES string of the molecule is COC1CCC(Oc2cc(F)ccc2Nc2ncnc3cc(N=S4(=O)CCN(C)CC4)cc(C)c23)CC1. The quantitative estimate of drug-likeness (QED) is 0.471. The van der Waals surface area contributed by atoms with Crippen LogP contribution in [0.1, 0.15) is 31.2 Å². The third-order valence-corrected chi connectivity index (χ3v) is 9.41. The molecule has 0 radical (unpaired) electrons. The molecule has 5 rings (SSSR count). The summed E-state index contributed by atoms with van der Waals surface area (Å²) in [5.74, 6) is 1.83. The van der Waals surface area contributed by atoms with Crippen molar-refractivity contribution in [3.63, 3.8) is 0 Å². The van der Waals surface area contributed by atoms with Crippen molar-refractivity contribution in [2.45, 2.75) is 44.8 Å². The Balaban J connectivity index is 1.43. The Hall–Kier alpha value is -2.82. The van der Waals surface area contributed by atoms with Gasteiger partial charge in [-0.15, -0.1) is 0 Å². The summed E-state index contributed by atoms with van der Waals surface area (Å²) in [7, 11) is 1.49. The third-order valence-electron chi connectivity index (χ3n) is 7.22. The first-order chi connectivity index (χ1) is 17.8. The molecule has 0 spiro atoms. The van der Waals surface area contributed by atoms with E-state index in [1.807, 2.05) is 26.1 Å². The molecule has 2 heterocycles. The number of hydrogen-bond acceptors (Lipinski definition) is 8. The molecule has 2 aromatic carbocycles. The first-order valence-electron chi connectivity index (χ1n) is 12.7. The minimum Gasteiger partial charge on any atom is -0.488 e. The number of rotatable bonds is 6. The predicted molar refractivity (Wildman–Crippen MR) is 145 cm³/mol. The van der Waals surface area contributed by atoms with Crippen LogP contribution in [-0.2, 0) is 14.5 Å². The van der Waals surface area contributed by atoms with Crippen LogP contribution >= 0.6 is 0 Å². The van der Waals surface area contributed by atoms with Gasteiger partial charge < -0.3 is 19.7 Å². The summed E-state index contributed by atoms with van der Waals surface area (Å²) in [6, 6.07) is 8.27. The Morgan fingerprint density at radius 2 is 1.81 bits per heavy atom. The van der Waals surface area contributed by atoms with Gasteiger partial charge in [0.1, 0.15) is 23.7 Å². The van der Waals surface area contributed by atoms with Gasteiger partial charge in [-0.05, 0) is 69.5 Å². The average Bonchev–Trinajstić information content (AvgIpc) is 2.88. The fourth-order valence-corrected chi connectivity index (χ4v) is 7.07. The van der Waals surface area contributed by atoms with E-state index in [1.165, 1.54) is 18.5 Å². The van der Waals surface area contributed by atoms with E-state index in [2.05, 4.69) is 24.5 Å². The lowest BCUT2D eigenvalue weighted by atomic mass is 9.95. The Bertz CT molecular complexity index is 1390. The van der Waals surface area contributed by atoms with E-state index >= 15 is 0 Å². The Morgan fingerprint density at radius 1 is 1.08 bits per heavy atom. The molecule has 1 saturated heterocycles. The predicted octanol–water partition coefficient (Wildman–Crippen LogP) is 5.20. The van der Waals surface area contributed by atoms with Crippen molar-refractivity contribution in [2.24, 2.45) is 4.36 Å². The van der Waals surface area contributed by atoms with E-state index in [0.717, 1.165) is 49.7 Å². The van der Waals surface area contributed by atoms with Crippen LogP contribution in [0, 0.1) is 12.7 Å². The number of ether oxygens (including phenoxy) is 2. The molecule has 0 atom stereocenters. The largest absolute Gasteiger partial charge is 0.488 e. The molecule has 10 heteroatoms. The van der Waals surface area contributed by atoms with E-state index < -0.39 is 9.73 Å². The number of anilines is 2. The number of hydrogen-bond donors (Lipinski definition) is 1. The number of halogens is 1. The monoisotopic (exact) mass is 527 g/mol. The molecule has 1 aromatic heterocycles. The molecule has 37 heavy (non-hydrogen) atoms. The van der Waals surface area contributed by atoms with Gasteiger partial charge in [0.25, 0.3) is 0 Å². The zero-order valence-corrected chi connectivity index (χ0v) is 22.4. The number of methoxy groups -OCH3 is 1. The summed E-state index contributed by atoms with van der Waals surface area (Å²) in [5.41, 5.74) is 2.92. The number of nitrogens with one attached hydrogen (secondary N) is 1. The molecule has 1 aliphatic carbocycles. The Labute approximate surface area is 217 Å². The van der Waals surface area contributed by atoms with Crippen molar-refractivity contribution in [2.75, 3.05) is 44.1 Å². The molecule has 1 N–H and O–H groups in total. The maximum atomic E-state index is 14.2. The zero-order valence-electron chi connectivity index (χ0n) is 21.6. The smallest absolute Gasteiger partial charge is 0.146 e. The highest BCUT2D eigenvalue weighted by Gasteiger charge is 2.24. The van der Waals surface area contributed by atoms with Crippen molar-refractivity contribution in [3.05, 3.63) is 48.0 Å². The standard InChI is InChI=1S/C27H34FN5O3S/c1-18-14-20(32-37(34)12-10-33(2)11-13-37)16-24-26(18)27(30-17-29-24)31-23-9-4-19(28)15-25(23)36-22-7-5-21(35-3)6-8-22/h4,9,14-17,21-22H,5-8,10-13H2,1-3H3,(H,29,30,31). The second-order valence-electron chi connectivity index (χ2n) is 9.97. The molecule has 2 fully saturated rings. The topological polar surface area (TPSA) is 88.9 Å². The molecule has 0 bridgehead atoms. The second-order valence-corrected chi connectivity index (χ2v) is 12.5. The van der Waals surface area contributed by atoms with Gasteiger partial charge in [-0.25, -0.2) is 18.6 Å². The van der Waals surface area contributed by atoms with E-state index in [-0.39, 0.29) is 18.0 Å². The van der Waals surface area contributed by atoms with Crippen LogP contribution in [0.3, 0.4) is 0 Å². The maximum absolute atomic E-state index is 14.2. The second kappa shape index (κ2) is 10.9. The van der Waals surface area contributed by atoms with Gasteiger partial charge in [0.2, 0.25) is 0 Å². The first kappa shape index (κ1) is 25.8. The Morgan fingerprint density at radius 3 is 2.54 bits per heavy atom. The van der Waals surface area contributed by atoms with Crippen LogP contribution in [0.4, 0.5) is 21.6 Å². The molecule has 0 amide bonds. The number of nitrogens with zero attached hydrogens (tertiary/aromatic N) is 4. The number of aryl methyl sites for hydroxylation is 1. The molecule has 2 aliphatic rings. The van der Waals surface area contributed by atoms with Crippen molar-refractivity contribution >= 4 is 37.8 Å². The van der Waals surface area contributed by atoms with Crippen LogP contribution in [-0.4, -0.2) is 70.0 Å². The third kappa shape index (κ3) is 6.02. The average molecular weight is 528 g/mol. The summed E-state index contributed by atoms with van der Waals surface area (Å²) >= 11 is 0. The van der Waals surface area contributed by atoms with Crippen molar-refractivity contribution < 1.29 is 18.1 Å². The summed E-state index contributed by atoms with van der Waals surface area (Å²) in [5, 5.41) is 4.18. The van der Waals surface area contributed by atoms with Crippen molar-refractivity contribution in [1.82, 2.24) is 14.9 Å². The van der Waals surface area contributed by atoms with E-state index in [0.29, 0.717) is 40.0 Å². The minimum absolute atomic E-state index is 0.00304. The van der Waals surface area contributed by atoms with Gasteiger partial charge in [0.15, 0.2) is 0 Å². The molecule has 1 aliphatic heterocycles. The number of fused-ring (bicyclic) bond motifs is 1. The van der Waals surface area contributed by atoms with Crippen LogP contribution in [0.25, 0.3) is 10.9 Å². The lowest BCUT2D eigenvalue weighted by Gasteiger charge is -2.28. The highest BCUT2D eigenvalue weighted by Crippen LogP contribution is 2.35. The molecular weight excluding hydrogens is 493 g/mol.